The Balaban J connectivity index is 2.11. The number of hydrogen-bond acceptors (Lipinski definition) is 5. The number of amides is 1. The molecule has 1 heterocycles. The van der Waals surface area contributed by atoms with E-state index in [0.717, 1.165) is 31.8 Å². The van der Waals surface area contributed by atoms with Crippen LogP contribution in [-0.2, 0) is 14.3 Å². The zero-order chi connectivity index (χ0) is 15.0. The van der Waals surface area contributed by atoms with Gasteiger partial charge in [-0.1, -0.05) is 6.92 Å². The number of carbonyl (C=O) groups is 2. The molecule has 0 spiro atoms. The van der Waals surface area contributed by atoms with Crippen molar-refractivity contribution in [3.8, 4) is 0 Å². The van der Waals surface area contributed by atoms with Gasteiger partial charge in [0.25, 0.3) is 0 Å². The summed E-state index contributed by atoms with van der Waals surface area (Å²) in [7, 11) is 0. The van der Waals surface area contributed by atoms with E-state index in [1.807, 2.05) is 4.90 Å². The molecular formula is C14H26N2O3S. The zero-order valence-electron chi connectivity index (χ0n) is 12.5. The van der Waals surface area contributed by atoms with Crippen LogP contribution in [0.25, 0.3) is 0 Å². The average Bonchev–Trinajstić information content (AvgIpc) is 2.44. The maximum absolute atomic E-state index is 12.0. The van der Waals surface area contributed by atoms with Crippen molar-refractivity contribution in [1.29, 1.82) is 0 Å². The first-order chi connectivity index (χ1) is 9.54. The quantitative estimate of drug-likeness (QED) is 0.566. The topological polar surface area (TPSA) is 72.6 Å². The van der Waals surface area contributed by atoms with Crippen LogP contribution < -0.4 is 5.73 Å². The monoisotopic (exact) mass is 302 g/mol. The minimum atomic E-state index is -0.576. The Morgan fingerprint density at radius 1 is 1.40 bits per heavy atom. The number of nitrogens with zero attached hydrogens (tertiary/aromatic N) is 1. The molecule has 1 fully saturated rings. The van der Waals surface area contributed by atoms with E-state index in [1.165, 1.54) is 0 Å². The van der Waals surface area contributed by atoms with Gasteiger partial charge in [0.15, 0.2) is 0 Å². The highest BCUT2D eigenvalue weighted by atomic mass is 32.2. The highest BCUT2D eigenvalue weighted by Crippen LogP contribution is 2.17. The van der Waals surface area contributed by atoms with Crippen molar-refractivity contribution in [3.63, 3.8) is 0 Å². The average molecular weight is 302 g/mol. The van der Waals surface area contributed by atoms with Crippen molar-refractivity contribution in [1.82, 2.24) is 4.90 Å². The first-order valence-electron chi connectivity index (χ1n) is 7.32. The summed E-state index contributed by atoms with van der Waals surface area (Å²) in [6.07, 6.45) is 2.75. The molecule has 0 saturated carbocycles. The van der Waals surface area contributed by atoms with Crippen molar-refractivity contribution >= 4 is 23.6 Å². The van der Waals surface area contributed by atoms with E-state index in [4.69, 9.17) is 10.5 Å². The van der Waals surface area contributed by atoms with E-state index in [9.17, 15) is 9.59 Å². The van der Waals surface area contributed by atoms with Crippen molar-refractivity contribution in [2.75, 3.05) is 31.2 Å². The van der Waals surface area contributed by atoms with Crippen LogP contribution in [0.2, 0.25) is 0 Å². The lowest BCUT2D eigenvalue weighted by atomic mass is 9.99. The number of piperidine rings is 1. The van der Waals surface area contributed by atoms with Crippen LogP contribution in [0.1, 0.15) is 33.1 Å². The molecule has 20 heavy (non-hydrogen) atoms. The van der Waals surface area contributed by atoms with Gasteiger partial charge in [0.05, 0.1) is 12.4 Å². The lowest BCUT2D eigenvalue weighted by Gasteiger charge is -2.30. The molecule has 1 rings (SSSR count). The van der Waals surface area contributed by atoms with Gasteiger partial charge in [-0.2, -0.15) is 11.8 Å². The number of nitrogens with two attached hydrogens (primary N) is 1. The first kappa shape index (κ1) is 17.3. The molecule has 0 radical (unpaired) electrons. The minimum Gasteiger partial charge on any atom is -0.465 e. The number of esters is 1. The van der Waals surface area contributed by atoms with Crippen LogP contribution >= 0.6 is 11.8 Å². The number of carbonyl (C=O) groups excluding carboxylic acids is 2. The molecule has 0 aromatic carbocycles. The molecule has 116 valence electrons. The van der Waals surface area contributed by atoms with Crippen LogP contribution in [0, 0.1) is 5.92 Å². The molecule has 0 bridgehead atoms. The van der Waals surface area contributed by atoms with E-state index in [-0.39, 0.29) is 11.9 Å². The third kappa shape index (κ3) is 6.13. The van der Waals surface area contributed by atoms with Crippen LogP contribution in [-0.4, -0.2) is 54.0 Å². The van der Waals surface area contributed by atoms with Gasteiger partial charge in [0.2, 0.25) is 5.91 Å². The standard InChI is InChI=1S/C14H26N2O3S/c1-3-19-14(18)12(15)6-9-20-10-13(17)16-7-4-11(2)5-8-16/h11-12H,3-10,15H2,1-2H3. The van der Waals surface area contributed by atoms with Gasteiger partial charge < -0.3 is 15.4 Å². The summed E-state index contributed by atoms with van der Waals surface area (Å²) in [6.45, 7) is 6.10. The van der Waals surface area contributed by atoms with Gasteiger partial charge in [-0.25, -0.2) is 0 Å². The maximum Gasteiger partial charge on any atom is 0.322 e. The second kappa shape index (κ2) is 9.23. The summed E-state index contributed by atoms with van der Waals surface area (Å²) < 4.78 is 4.84. The second-order valence-corrected chi connectivity index (χ2v) is 6.37. The molecule has 1 aliphatic heterocycles. The molecule has 1 saturated heterocycles. The van der Waals surface area contributed by atoms with Gasteiger partial charge in [-0.15, -0.1) is 0 Å². The van der Waals surface area contributed by atoms with Crippen molar-refractivity contribution in [2.24, 2.45) is 11.7 Å². The Morgan fingerprint density at radius 2 is 2.05 bits per heavy atom. The molecule has 1 amide bonds. The fourth-order valence-corrected chi connectivity index (χ4v) is 3.01. The Hall–Kier alpha value is -0.750. The number of thioether (sulfide) groups is 1. The van der Waals surface area contributed by atoms with E-state index < -0.39 is 6.04 Å². The van der Waals surface area contributed by atoms with E-state index in [1.54, 1.807) is 18.7 Å². The molecule has 1 unspecified atom stereocenters. The number of likely N-dealkylation sites (tertiary alicyclic amines) is 1. The summed E-state index contributed by atoms with van der Waals surface area (Å²) >= 11 is 1.54. The second-order valence-electron chi connectivity index (χ2n) is 5.26. The number of rotatable bonds is 7. The predicted molar refractivity (Wildman–Crippen MR) is 81.5 cm³/mol. The molecule has 5 nitrogen and oxygen atoms in total. The van der Waals surface area contributed by atoms with Crippen molar-refractivity contribution in [2.45, 2.75) is 39.2 Å². The highest BCUT2D eigenvalue weighted by Gasteiger charge is 2.20. The zero-order valence-corrected chi connectivity index (χ0v) is 13.3. The molecule has 1 aliphatic rings. The third-order valence-corrected chi connectivity index (χ3v) is 4.50. The molecule has 2 N–H and O–H groups in total. The minimum absolute atomic E-state index is 0.201. The van der Waals surface area contributed by atoms with E-state index in [2.05, 4.69) is 6.92 Å². The fourth-order valence-electron chi connectivity index (χ4n) is 2.09. The summed E-state index contributed by atoms with van der Waals surface area (Å²) in [4.78, 5) is 25.2. The van der Waals surface area contributed by atoms with Gasteiger partial charge >= 0.3 is 5.97 Å². The molecule has 1 atom stereocenters. The fraction of sp³-hybridized carbons (Fsp3) is 0.857. The Morgan fingerprint density at radius 3 is 2.65 bits per heavy atom. The lowest BCUT2D eigenvalue weighted by molar-refractivity contribution is -0.144. The largest absolute Gasteiger partial charge is 0.465 e. The summed E-state index contributed by atoms with van der Waals surface area (Å²) in [5, 5.41) is 0. The summed E-state index contributed by atoms with van der Waals surface area (Å²) in [5.41, 5.74) is 5.70. The van der Waals surface area contributed by atoms with E-state index in [0.29, 0.717) is 24.5 Å². The smallest absolute Gasteiger partial charge is 0.322 e. The molecule has 6 heteroatoms. The van der Waals surface area contributed by atoms with Crippen LogP contribution in [0.3, 0.4) is 0 Å². The molecule has 0 aromatic heterocycles. The van der Waals surface area contributed by atoms with Gasteiger partial charge in [-0.05, 0) is 37.9 Å². The Labute approximate surface area is 125 Å². The van der Waals surface area contributed by atoms with E-state index >= 15 is 0 Å². The van der Waals surface area contributed by atoms with Crippen molar-refractivity contribution < 1.29 is 14.3 Å². The summed E-state index contributed by atoms with van der Waals surface area (Å²) in [6, 6.07) is -0.576. The van der Waals surface area contributed by atoms with Crippen LogP contribution in [0.5, 0.6) is 0 Å². The highest BCUT2D eigenvalue weighted by molar-refractivity contribution is 7.99. The molecule has 0 aliphatic carbocycles. The van der Waals surface area contributed by atoms with Crippen LogP contribution in [0.15, 0.2) is 0 Å². The Bertz CT molecular complexity index is 318. The number of ether oxygens (including phenoxy) is 1. The number of hydrogen-bond donors (Lipinski definition) is 1. The SMILES string of the molecule is CCOC(=O)C(N)CCSCC(=O)N1CCC(C)CC1. The van der Waals surface area contributed by atoms with Crippen LogP contribution in [0.4, 0.5) is 0 Å². The first-order valence-corrected chi connectivity index (χ1v) is 8.47. The predicted octanol–water partition coefficient (Wildman–Crippen LogP) is 1.26. The Kier molecular flexibility index (Phi) is 7.99. The normalized spacial score (nSPS) is 17.9. The van der Waals surface area contributed by atoms with Gasteiger partial charge in [0.1, 0.15) is 6.04 Å². The van der Waals surface area contributed by atoms with Gasteiger partial charge in [-0.3, -0.25) is 9.59 Å². The summed E-state index contributed by atoms with van der Waals surface area (Å²) in [5.74, 6) is 1.75. The molecule has 0 aromatic rings. The lowest BCUT2D eigenvalue weighted by Crippen LogP contribution is -2.39. The molecular weight excluding hydrogens is 276 g/mol. The third-order valence-electron chi connectivity index (χ3n) is 3.52. The van der Waals surface area contributed by atoms with Crippen molar-refractivity contribution in [3.05, 3.63) is 0 Å². The maximum atomic E-state index is 12.0. The van der Waals surface area contributed by atoms with Gasteiger partial charge in [0, 0.05) is 13.1 Å².